The van der Waals surface area contributed by atoms with Gasteiger partial charge in [0.2, 0.25) is 0 Å². The molecule has 2 rings (SSSR count). The first kappa shape index (κ1) is 11.7. The highest BCUT2D eigenvalue weighted by Crippen LogP contribution is 2.18. The van der Waals surface area contributed by atoms with Crippen LogP contribution in [0.5, 0.6) is 0 Å². The van der Waals surface area contributed by atoms with Crippen molar-refractivity contribution in [1.82, 2.24) is 25.2 Å². The minimum Gasteiger partial charge on any atom is -0.270 e. The van der Waals surface area contributed by atoms with Gasteiger partial charge in [-0.05, 0) is 18.6 Å². The van der Waals surface area contributed by atoms with Crippen LogP contribution in [0.4, 0.5) is 0 Å². The van der Waals surface area contributed by atoms with Crippen molar-refractivity contribution in [3.63, 3.8) is 0 Å². The third-order valence-electron chi connectivity index (χ3n) is 2.55. The fourth-order valence-corrected chi connectivity index (χ4v) is 1.78. The van der Waals surface area contributed by atoms with E-state index in [1.165, 1.54) is 6.33 Å². The van der Waals surface area contributed by atoms with E-state index in [-0.39, 0.29) is 6.04 Å². The second-order valence-corrected chi connectivity index (χ2v) is 3.71. The van der Waals surface area contributed by atoms with Crippen molar-refractivity contribution in [3.05, 3.63) is 42.2 Å². The predicted molar refractivity (Wildman–Crippen MR) is 63.7 cm³/mol. The highest BCUT2D eigenvalue weighted by Gasteiger charge is 2.17. The molecule has 1 atom stereocenters. The highest BCUT2D eigenvalue weighted by atomic mass is 15.3. The summed E-state index contributed by atoms with van der Waals surface area (Å²) in [6.07, 6.45) is 6.01. The first-order valence-electron chi connectivity index (χ1n) is 5.60. The zero-order chi connectivity index (χ0) is 12.1. The molecule has 0 aliphatic carbocycles. The molecule has 0 saturated carbocycles. The van der Waals surface area contributed by atoms with Gasteiger partial charge in [-0.2, -0.15) is 5.10 Å². The molecule has 90 valence electrons. The quantitative estimate of drug-likeness (QED) is 0.584. The third kappa shape index (κ3) is 2.48. The van der Waals surface area contributed by atoms with E-state index in [1.54, 1.807) is 12.4 Å². The van der Waals surface area contributed by atoms with E-state index in [0.29, 0.717) is 0 Å². The van der Waals surface area contributed by atoms with E-state index in [1.807, 2.05) is 16.8 Å². The van der Waals surface area contributed by atoms with E-state index in [0.717, 1.165) is 24.4 Å². The number of hydrogen-bond acceptors (Lipinski definition) is 5. The molecule has 3 N–H and O–H groups in total. The predicted octanol–water partition coefficient (Wildman–Crippen LogP) is 0.636. The summed E-state index contributed by atoms with van der Waals surface area (Å²) in [5.74, 6) is 5.61. The molecule has 0 aliphatic heterocycles. The van der Waals surface area contributed by atoms with Crippen LogP contribution in [0.1, 0.15) is 30.8 Å². The Morgan fingerprint density at radius 2 is 2.29 bits per heavy atom. The molecule has 17 heavy (non-hydrogen) atoms. The second kappa shape index (κ2) is 5.51. The average molecular weight is 232 g/mol. The Bertz CT molecular complexity index is 452. The van der Waals surface area contributed by atoms with Gasteiger partial charge in [0.1, 0.15) is 12.4 Å². The van der Waals surface area contributed by atoms with E-state index in [9.17, 15) is 0 Å². The van der Waals surface area contributed by atoms with Crippen molar-refractivity contribution in [2.75, 3.05) is 0 Å². The summed E-state index contributed by atoms with van der Waals surface area (Å²) in [5.41, 5.74) is 4.61. The lowest BCUT2D eigenvalue weighted by Crippen LogP contribution is -2.31. The maximum Gasteiger partial charge on any atom is 0.115 e. The molecule has 1 unspecified atom stereocenters. The van der Waals surface area contributed by atoms with Crippen LogP contribution in [0.2, 0.25) is 0 Å². The Balaban J connectivity index is 2.32. The molecule has 0 saturated heterocycles. The van der Waals surface area contributed by atoms with E-state index >= 15 is 0 Å². The first-order valence-corrected chi connectivity index (χ1v) is 5.60. The topological polar surface area (TPSA) is 81.7 Å². The molecule has 2 aromatic heterocycles. The van der Waals surface area contributed by atoms with Crippen LogP contribution in [0.15, 0.2) is 30.9 Å². The summed E-state index contributed by atoms with van der Waals surface area (Å²) in [5, 5.41) is 4.28. The fourth-order valence-electron chi connectivity index (χ4n) is 1.78. The molecule has 2 heterocycles. The lowest BCUT2D eigenvalue weighted by molar-refractivity contribution is 0.514. The maximum absolute atomic E-state index is 5.61. The maximum atomic E-state index is 5.61. The van der Waals surface area contributed by atoms with Crippen LogP contribution >= 0.6 is 0 Å². The summed E-state index contributed by atoms with van der Waals surface area (Å²) >= 11 is 0. The molecule has 0 spiro atoms. The van der Waals surface area contributed by atoms with E-state index < -0.39 is 0 Å². The van der Waals surface area contributed by atoms with Crippen LogP contribution in [0.3, 0.4) is 0 Å². The van der Waals surface area contributed by atoms with Crippen molar-refractivity contribution in [1.29, 1.82) is 0 Å². The number of rotatable bonds is 5. The summed E-state index contributed by atoms with van der Waals surface area (Å²) < 4.78 is 1.94. The summed E-state index contributed by atoms with van der Waals surface area (Å²) in [6.45, 7) is 2.98. The van der Waals surface area contributed by atoms with Gasteiger partial charge in [-0.15, -0.1) is 0 Å². The van der Waals surface area contributed by atoms with Gasteiger partial charge in [-0.1, -0.05) is 6.92 Å². The van der Waals surface area contributed by atoms with Gasteiger partial charge < -0.3 is 0 Å². The van der Waals surface area contributed by atoms with Gasteiger partial charge in [0.25, 0.3) is 0 Å². The average Bonchev–Trinajstić information content (AvgIpc) is 2.81. The number of aromatic nitrogens is 4. The Morgan fingerprint density at radius 1 is 1.41 bits per heavy atom. The molecule has 6 nitrogen and oxygen atoms in total. The molecule has 0 aromatic carbocycles. The normalized spacial score (nSPS) is 12.6. The Kier molecular flexibility index (Phi) is 3.79. The minimum absolute atomic E-state index is 0.160. The molecule has 0 radical (unpaired) electrons. The number of nitrogens with one attached hydrogen (secondary N) is 1. The molecule has 0 bridgehead atoms. The van der Waals surface area contributed by atoms with Crippen molar-refractivity contribution in [2.24, 2.45) is 5.84 Å². The highest BCUT2D eigenvalue weighted by molar-refractivity contribution is 5.19. The summed E-state index contributed by atoms with van der Waals surface area (Å²) in [7, 11) is 0. The molecular formula is C11H16N6. The Morgan fingerprint density at radius 3 is 2.94 bits per heavy atom. The van der Waals surface area contributed by atoms with Gasteiger partial charge in [0.15, 0.2) is 0 Å². The van der Waals surface area contributed by atoms with Gasteiger partial charge in [0, 0.05) is 18.9 Å². The van der Waals surface area contributed by atoms with Gasteiger partial charge in [0.05, 0.1) is 11.4 Å². The van der Waals surface area contributed by atoms with Crippen LogP contribution in [0, 0.1) is 0 Å². The lowest BCUT2D eigenvalue weighted by atomic mass is 10.1. The van der Waals surface area contributed by atoms with Crippen molar-refractivity contribution in [2.45, 2.75) is 25.9 Å². The van der Waals surface area contributed by atoms with Crippen molar-refractivity contribution < 1.29 is 0 Å². The smallest absolute Gasteiger partial charge is 0.115 e. The Hall–Kier alpha value is -1.79. The largest absolute Gasteiger partial charge is 0.270 e. The molecular weight excluding hydrogens is 216 g/mol. The number of hydrazine groups is 1. The molecule has 0 amide bonds. The number of nitrogens with two attached hydrogens (primary N) is 1. The first-order chi connectivity index (χ1) is 8.36. The van der Waals surface area contributed by atoms with Crippen molar-refractivity contribution in [3.8, 4) is 0 Å². The number of hydrogen-bond donors (Lipinski definition) is 2. The fraction of sp³-hybridized carbons (Fsp3) is 0.364. The van der Waals surface area contributed by atoms with Gasteiger partial charge in [-0.25, -0.2) is 15.4 Å². The number of aryl methyl sites for hydroxylation is 1. The number of nitrogens with zero attached hydrogens (tertiary/aromatic N) is 4. The molecule has 0 aliphatic rings. The molecule has 2 aromatic rings. The Labute approximate surface area is 99.9 Å². The van der Waals surface area contributed by atoms with Crippen LogP contribution in [0.25, 0.3) is 0 Å². The third-order valence-corrected chi connectivity index (χ3v) is 2.55. The SMILES string of the molecule is CCCn1nccc1C(NN)c1ccncn1. The summed E-state index contributed by atoms with van der Waals surface area (Å²) in [4.78, 5) is 8.11. The van der Waals surface area contributed by atoms with Gasteiger partial charge in [-0.3, -0.25) is 10.5 Å². The van der Waals surface area contributed by atoms with E-state index in [2.05, 4.69) is 27.4 Å². The zero-order valence-corrected chi connectivity index (χ0v) is 9.74. The molecule has 6 heteroatoms. The monoisotopic (exact) mass is 232 g/mol. The van der Waals surface area contributed by atoms with Crippen LogP contribution < -0.4 is 11.3 Å². The van der Waals surface area contributed by atoms with Crippen LogP contribution in [-0.4, -0.2) is 19.7 Å². The minimum atomic E-state index is -0.160. The lowest BCUT2D eigenvalue weighted by Gasteiger charge is -2.16. The van der Waals surface area contributed by atoms with Crippen molar-refractivity contribution >= 4 is 0 Å². The zero-order valence-electron chi connectivity index (χ0n) is 9.74. The van der Waals surface area contributed by atoms with Gasteiger partial charge >= 0.3 is 0 Å². The van der Waals surface area contributed by atoms with E-state index in [4.69, 9.17) is 5.84 Å². The summed E-state index contributed by atoms with van der Waals surface area (Å²) in [6, 6.07) is 3.63. The van der Waals surface area contributed by atoms with Crippen LogP contribution in [-0.2, 0) is 6.54 Å². The second-order valence-electron chi connectivity index (χ2n) is 3.71. The standard InChI is InChI=1S/C11H16N6/c1-2-7-17-10(4-6-15-17)11(16-12)9-3-5-13-8-14-9/h3-6,8,11,16H,2,7,12H2,1H3. The molecule has 0 fully saturated rings.